The highest BCUT2D eigenvalue weighted by atomic mass is 16.8. The fourth-order valence-corrected chi connectivity index (χ4v) is 10.1. The number of likely N-dealkylation sites (N-methyl/N-ethyl adjacent to an activating group) is 1. The summed E-state index contributed by atoms with van der Waals surface area (Å²) >= 11 is 0. The Bertz CT molecular complexity index is 1260. The fourth-order valence-electron chi connectivity index (χ4n) is 10.1. The Morgan fingerprint density at radius 2 is 1.63 bits per heavy atom. The summed E-state index contributed by atoms with van der Waals surface area (Å²) < 4.78 is 52.8. The minimum Gasteiger partial charge on any atom is -0.458 e. The molecule has 5 heterocycles. The second-order valence-corrected chi connectivity index (χ2v) is 17.7. The van der Waals surface area contributed by atoms with Crippen molar-refractivity contribution in [2.75, 3.05) is 14.2 Å². The van der Waals surface area contributed by atoms with Gasteiger partial charge in [-0.25, -0.2) is 0 Å². The molecule has 1 spiro atoms. The average molecular weight is 744 g/mol. The third-order valence-corrected chi connectivity index (χ3v) is 13.6. The summed E-state index contributed by atoms with van der Waals surface area (Å²) in [7, 11) is 3.55. The summed E-state index contributed by atoms with van der Waals surface area (Å²) in [6.07, 6.45) is -6.23. The zero-order valence-corrected chi connectivity index (χ0v) is 34.0. The van der Waals surface area contributed by atoms with Gasteiger partial charge in [0.05, 0.1) is 53.6 Å². The summed E-state index contributed by atoms with van der Waals surface area (Å²) in [4.78, 5) is 16.6. The van der Waals surface area contributed by atoms with Crippen molar-refractivity contribution in [1.29, 1.82) is 0 Å². The van der Waals surface area contributed by atoms with Gasteiger partial charge in [0.2, 0.25) is 0 Å². The standard InChI is InChI=1S/C39H69NO12/c1-15-27(41)38(12)33-24(8)39(52-38)20(4)17-37(11,51-39)32(50-35-29(42)26(16-21(5)46-35)40(13)19(2)3)22(6)30(23(7)34(44)49-33)48-28-18-36(10,45-14)31(43)25(9)47-28/h19-33,35,41-43H,15-18H2,1-14H3/t20?,21-,22+,23-,24-,25+,26+,27-,28+,29-,30+,31+,32-,33-,35+,36-,37-,38-,39-/m1/s1. The van der Waals surface area contributed by atoms with Gasteiger partial charge in [0, 0.05) is 37.5 Å². The van der Waals surface area contributed by atoms with E-state index in [9.17, 15) is 20.1 Å². The van der Waals surface area contributed by atoms with E-state index >= 15 is 0 Å². The Balaban J connectivity index is 1.61. The van der Waals surface area contributed by atoms with Crippen LogP contribution >= 0.6 is 0 Å². The largest absolute Gasteiger partial charge is 0.458 e. The first-order valence-corrected chi connectivity index (χ1v) is 19.6. The number of fused-ring (bicyclic) bond motifs is 2. The Labute approximate surface area is 311 Å². The zero-order valence-electron chi connectivity index (χ0n) is 34.0. The number of aliphatic hydroxyl groups excluding tert-OH is 3. The molecule has 5 fully saturated rings. The summed E-state index contributed by atoms with van der Waals surface area (Å²) in [6, 6.07) is -0.0420. The maximum atomic E-state index is 14.4. The van der Waals surface area contributed by atoms with Crippen molar-refractivity contribution in [3.8, 4) is 0 Å². The first kappa shape index (κ1) is 42.2. The lowest BCUT2D eigenvalue weighted by Gasteiger charge is -2.49. The van der Waals surface area contributed by atoms with Gasteiger partial charge in [0.25, 0.3) is 0 Å². The van der Waals surface area contributed by atoms with Crippen LogP contribution in [0.4, 0.5) is 0 Å². The Kier molecular flexibility index (Phi) is 12.3. The third-order valence-electron chi connectivity index (χ3n) is 13.6. The van der Waals surface area contributed by atoms with Crippen LogP contribution in [0, 0.1) is 23.7 Å². The van der Waals surface area contributed by atoms with E-state index in [-0.39, 0.29) is 30.5 Å². The van der Waals surface area contributed by atoms with Crippen molar-refractivity contribution in [1.82, 2.24) is 4.90 Å². The van der Waals surface area contributed by atoms with E-state index in [4.69, 9.17) is 37.9 Å². The lowest BCUT2D eigenvalue weighted by molar-refractivity contribution is -0.343. The predicted molar refractivity (Wildman–Crippen MR) is 191 cm³/mol. The minimum absolute atomic E-state index is 0.180. The lowest BCUT2D eigenvalue weighted by atomic mass is 9.76. The van der Waals surface area contributed by atoms with Crippen LogP contribution in [0.1, 0.15) is 109 Å². The maximum absolute atomic E-state index is 14.4. The number of methoxy groups -OCH3 is 1. The molecule has 5 saturated heterocycles. The number of ether oxygens (including phenoxy) is 8. The number of carbonyl (C=O) groups is 1. The van der Waals surface area contributed by atoms with Crippen LogP contribution in [0.3, 0.4) is 0 Å². The number of rotatable bonds is 9. The van der Waals surface area contributed by atoms with Gasteiger partial charge < -0.3 is 53.2 Å². The molecule has 0 aromatic rings. The van der Waals surface area contributed by atoms with Gasteiger partial charge in [-0.3, -0.25) is 9.69 Å². The summed E-state index contributed by atoms with van der Waals surface area (Å²) in [5, 5.41) is 34.3. The lowest BCUT2D eigenvalue weighted by Crippen LogP contribution is -2.61. The van der Waals surface area contributed by atoms with E-state index in [0.29, 0.717) is 19.3 Å². The molecular formula is C39H69NO12. The molecule has 3 bridgehead atoms. The van der Waals surface area contributed by atoms with Gasteiger partial charge in [-0.2, -0.15) is 0 Å². The van der Waals surface area contributed by atoms with Crippen LogP contribution in [0.5, 0.6) is 0 Å². The molecule has 5 rings (SSSR count). The highest BCUT2D eigenvalue weighted by molar-refractivity contribution is 5.73. The quantitative estimate of drug-likeness (QED) is 0.294. The molecule has 0 aromatic heterocycles. The second kappa shape index (κ2) is 15.2. The predicted octanol–water partition coefficient (Wildman–Crippen LogP) is 3.77. The Morgan fingerprint density at radius 1 is 0.981 bits per heavy atom. The first-order chi connectivity index (χ1) is 24.1. The highest BCUT2D eigenvalue weighted by Gasteiger charge is 2.72. The molecule has 3 N–H and O–H groups in total. The minimum atomic E-state index is -1.26. The van der Waals surface area contributed by atoms with Crippen LogP contribution in [-0.4, -0.2) is 136 Å². The zero-order chi connectivity index (χ0) is 38.9. The van der Waals surface area contributed by atoms with Crippen LogP contribution in [-0.2, 0) is 42.7 Å². The number of hydrogen-bond acceptors (Lipinski definition) is 13. The van der Waals surface area contributed by atoms with E-state index in [1.807, 2.05) is 48.6 Å². The summed E-state index contributed by atoms with van der Waals surface area (Å²) in [5.41, 5.74) is -3.25. The number of hydrogen-bond donors (Lipinski definition) is 3. The Morgan fingerprint density at radius 3 is 2.23 bits per heavy atom. The smallest absolute Gasteiger partial charge is 0.311 e. The van der Waals surface area contributed by atoms with E-state index < -0.39 is 102 Å². The number of esters is 1. The van der Waals surface area contributed by atoms with E-state index in [1.54, 1.807) is 27.9 Å². The fraction of sp³-hybridized carbons (Fsp3) is 0.974. The topological polar surface area (TPSA) is 155 Å². The van der Waals surface area contributed by atoms with Crippen molar-refractivity contribution in [2.24, 2.45) is 23.7 Å². The molecular weight excluding hydrogens is 674 g/mol. The highest BCUT2D eigenvalue weighted by Crippen LogP contribution is 2.59. The van der Waals surface area contributed by atoms with E-state index in [2.05, 4.69) is 25.7 Å². The van der Waals surface area contributed by atoms with Crippen LogP contribution in [0.15, 0.2) is 0 Å². The molecule has 0 aliphatic carbocycles. The van der Waals surface area contributed by atoms with Gasteiger partial charge in [0.1, 0.15) is 23.9 Å². The van der Waals surface area contributed by atoms with Gasteiger partial charge in [-0.05, 0) is 81.7 Å². The molecule has 0 aromatic carbocycles. The molecule has 0 amide bonds. The monoisotopic (exact) mass is 743 g/mol. The van der Waals surface area contributed by atoms with Crippen molar-refractivity contribution < 1.29 is 58.0 Å². The van der Waals surface area contributed by atoms with E-state index in [0.717, 1.165) is 0 Å². The molecule has 5 aliphatic heterocycles. The molecule has 0 saturated carbocycles. The van der Waals surface area contributed by atoms with Crippen molar-refractivity contribution in [2.45, 2.75) is 205 Å². The van der Waals surface area contributed by atoms with Gasteiger partial charge >= 0.3 is 5.97 Å². The SMILES string of the molecule is CC[C@@H](O)[C@@]1(C)O[C@]23O[C@](C)(CC2C)[C@H](O[C@@H]2O[C@H](C)C[C@H](N(C)C(C)C)[C@H]2O)[C@@H](C)[C@H](O[C@H]2C[C@@](C)(OC)[C@@H](O)[C@H](C)O2)[C@@H](C)C(=O)O[C@@H]1[C@H]3C. The Hall–Kier alpha value is -0.970. The maximum Gasteiger partial charge on any atom is 0.311 e. The van der Waals surface area contributed by atoms with Crippen molar-refractivity contribution in [3.05, 3.63) is 0 Å². The molecule has 13 heteroatoms. The first-order valence-electron chi connectivity index (χ1n) is 19.6. The summed E-state index contributed by atoms with van der Waals surface area (Å²) in [6.45, 7) is 23.1. The van der Waals surface area contributed by atoms with Crippen LogP contribution in [0.25, 0.3) is 0 Å². The van der Waals surface area contributed by atoms with Crippen LogP contribution < -0.4 is 0 Å². The van der Waals surface area contributed by atoms with Crippen molar-refractivity contribution in [3.63, 3.8) is 0 Å². The molecule has 1 unspecified atom stereocenters. The van der Waals surface area contributed by atoms with Crippen LogP contribution in [0.2, 0.25) is 0 Å². The van der Waals surface area contributed by atoms with Gasteiger partial charge in [0.15, 0.2) is 18.4 Å². The number of nitrogens with zero attached hydrogens (tertiary/aromatic N) is 1. The molecule has 13 nitrogen and oxygen atoms in total. The molecule has 5 aliphatic rings. The number of carbonyl (C=O) groups excluding carboxylic acids is 1. The second-order valence-electron chi connectivity index (χ2n) is 17.7. The van der Waals surface area contributed by atoms with Gasteiger partial charge in [-0.15, -0.1) is 0 Å². The van der Waals surface area contributed by atoms with Gasteiger partial charge in [-0.1, -0.05) is 27.7 Å². The number of aliphatic hydroxyl groups is 3. The average Bonchev–Trinajstić information content (AvgIpc) is 3.47. The van der Waals surface area contributed by atoms with Crippen molar-refractivity contribution >= 4 is 5.97 Å². The molecule has 19 atom stereocenters. The van der Waals surface area contributed by atoms with E-state index in [1.165, 1.54) is 0 Å². The molecule has 302 valence electrons. The summed E-state index contributed by atoms with van der Waals surface area (Å²) in [5.74, 6) is -3.78. The molecule has 52 heavy (non-hydrogen) atoms. The third kappa shape index (κ3) is 7.12. The molecule has 0 radical (unpaired) electrons. The normalized spacial score (nSPS) is 52.1.